The van der Waals surface area contributed by atoms with Crippen molar-refractivity contribution in [2.24, 2.45) is 5.41 Å². The summed E-state index contributed by atoms with van der Waals surface area (Å²) in [6.45, 7) is 4.62. The van der Waals surface area contributed by atoms with Gasteiger partial charge in [0.2, 0.25) is 0 Å². The molecule has 0 unspecified atom stereocenters. The first-order valence-electron chi connectivity index (χ1n) is 5.83. The molecular formula is C11H16F3NO4S. The molecule has 5 nitrogen and oxygen atoms in total. The Morgan fingerprint density at radius 3 is 2.20 bits per heavy atom. The van der Waals surface area contributed by atoms with Crippen molar-refractivity contribution in [2.45, 2.75) is 32.7 Å². The first-order chi connectivity index (χ1) is 8.85. The molecule has 0 bridgehead atoms. The van der Waals surface area contributed by atoms with Crippen LogP contribution >= 0.6 is 0 Å². The van der Waals surface area contributed by atoms with Crippen LogP contribution in [0.1, 0.15) is 27.2 Å². The minimum atomic E-state index is -5.30. The number of nitrogens with zero attached hydrogens (tertiary/aromatic N) is 1. The Morgan fingerprint density at radius 1 is 1.30 bits per heavy atom. The molecule has 0 radical (unpaired) electrons. The summed E-state index contributed by atoms with van der Waals surface area (Å²) in [5.41, 5.74) is -6.05. The monoisotopic (exact) mass is 315 g/mol. The van der Waals surface area contributed by atoms with Crippen LogP contribution in [0, 0.1) is 5.41 Å². The van der Waals surface area contributed by atoms with Crippen molar-refractivity contribution in [3.05, 3.63) is 11.0 Å². The lowest BCUT2D eigenvalue weighted by molar-refractivity contribution is -0.198. The number of halogens is 3. The molecule has 0 aliphatic carbocycles. The third kappa shape index (κ3) is 3.72. The molecule has 0 N–H and O–H groups in total. The van der Waals surface area contributed by atoms with Gasteiger partial charge in [0.25, 0.3) is 9.84 Å². The van der Waals surface area contributed by atoms with Gasteiger partial charge in [-0.3, -0.25) is 0 Å². The molecule has 0 saturated carbocycles. The number of hydroxylamine groups is 2. The van der Waals surface area contributed by atoms with Gasteiger partial charge >= 0.3 is 11.5 Å². The maximum atomic E-state index is 12.4. The average Bonchev–Trinajstić information content (AvgIpc) is 2.26. The smallest absolute Gasteiger partial charge is 0.367 e. The molecule has 0 aromatic carbocycles. The first kappa shape index (κ1) is 17.0. The van der Waals surface area contributed by atoms with E-state index in [0.717, 1.165) is 11.1 Å². The minimum absolute atomic E-state index is 0.0943. The highest BCUT2D eigenvalue weighted by Gasteiger charge is 2.48. The quantitative estimate of drug-likeness (QED) is 0.780. The van der Waals surface area contributed by atoms with E-state index in [1.807, 2.05) is 0 Å². The summed E-state index contributed by atoms with van der Waals surface area (Å²) in [6, 6.07) is 0. The van der Waals surface area contributed by atoms with Crippen LogP contribution in [-0.2, 0) is 19.5 Å². The van der Waals surface area contributed by atoms with E-state index in [1.165, 1.54) is 0 Å². The molecule has 0 amide bonds. The van der Waals surface area contributed by atoms with Crippen molar-refractivity contribution in [1.29, 1.82) is 0 Å². The zero-order chi connectivity index (χ0) is 15.8. The summed E-state index contributed by atoms with van der Waals surface area (Å²) in [4.78, 5) is 15.9. The Labute approximate surface area is 115 Å². The molecule has 1 heterocycles. The van der Waals surface area contributed by atoms with Gasteiger partial charge in [0.05, 0.1) is 16.9 Å². The van der Waals surface area contributed by atoms with Crippen LogP contribution in [0.3, 0.4) is 0 Å². The maximum Gasteiger partial charge on any atom is 0.501 e. The summed E-state index contributed by atoms with van der Waals surface area (Å²) >= 11 is 0. The summed E-state index contributed by atoms with van der Waals surface area (Å²) in [7, 11) is -5.29. The number of alkyl halides is 3. The fourth-order valence-electron chi connectivity index (χ4n) is 1.36. The number of carbonyl (C=O) groups is 1. The minimum Gasteiger partial charge on any atom is -0.367 e. The summed E-state index contributed by atoms with van der Waals surface area (Å²) in [6.07, 6.45) is 0.571. The molecule has 1 rings (SSSR count). The van der Waals surface area contributed by atoms with Crippen molar-refractivity contribution in [3.8, 4) is 0 Å². The molecule has 0 aromatic heterocycles. The van der Waals surface area contributed by atoms with Crippen molar-refractivity contribution in [1.82, 2.24) is 5.06 Å². The van der Waals surface area contributed by atoms with Gasteiger partial charge in [-0.05, 0) is 27.2 Å². The molecule has 0 aromatic rings. The molecule has 20 heavy (non-hydrogen) atoms. The van der Waals surface area contributed by atoms with Crippen LogP contribution in [0.4, 0.5) is 13.2 Å². The van der Waals surface area contributed by atoms with E-state index in [4.69, 9.17) is 4.84 Å². The van der Waals surface area contributed by atoms with E-state index in [-0.39, 0.29) is 19.5 Å². The second-order valence-electron chi connectivity index (χ2n) is 5.39. The molecule has 0 fully saturated rings. The zero-order valence-electron chi connectivity index (χ0n) is 11.3. The van der Waals surface area contributed by atoms with Gasteiger partial charge in [-0.1, -0.05) is 6.08 Å². The van der Waals surface area contributed by atoms with Gasteiger partial charge in [0, 0.05) is 6.54 Å². The summed E-state index contributed by atoms with van der Waals surface area (Å²) < 4.78 is 59.4. The second kappa shape index (κ2) is 5.36. The van der Waals surface area contributed by atoms with Crippen molar-refractivity contribution < 1.29 is 31.2 Å². The summed E-state index contributed by atoms with van der Waals surface area (Å²) in [5.74, 6) is -0.534. The molecule has 1 aliphatic heterocycles. The van der Waals surface area contributed by atoms with E-state index in [1.54, 1.807) is 20.8 Å². The largest absolute Gasteiger partial charge is 0.501 e. The number of hydrogen-bond donors (Lipinski definition) is 0. The molecule has 116 valence electrons. The van der Waals surface area contributed by atoms with Crippen LogP contribution in [0.25, 0.3) is 0 Å². The van der Waals surface area contributed by atoms with E-state index >= 15 is 0 Å². The first-order valence-corrected chi connectivity index (χ1v) is 7.32. The van der Waals surface area contributed by atoms with Crippen LogP contribution in [0.2, 0.25) is 0 Å². The van der Waals surface area contributed by atoms with Crippen LogP contribution in [-0.4, -0.2) is 38.0 Å². The Bertz CT molecular complexity index is 517. The molecule has 1 aliphatic rings. The van der Waals surface area contributed by atoms with Crippen molar-refractivity contribution in [3.63, 3.8) is 0 Å². The predicted molar refractivity (Wildman–Crippen MR) is 64.8 cm³/mol. The molecule has 0 spiro atoms. The van der Waals surface area contributed by atoms with Gasteiger partial charge < -0.3 is 4.84 Å². The topological polar surface area (TPSA) is 63.7 Å². The highest BCUT2D eigenvalue weighted by molar-refractivity contribution is 7.96. The number of hydrogen-bond acceptors (Lipinski definition) is 5. The van der Waals surface area contributed by atoms with Crippen LogP contribution in [0.15, 0.2) is 11.0 Å². The van der Waals surface area contributed by atoms with Gasteiger partial charge in [-0.2, -0.15) is 13.2 Å². The Balaban J connectivity index is 2.74. The van der Waals surface area contributed by atoms with Gasteiger partial charge in [0.15, 0.2) is 0 Å². The molecule has 0 atom stereocenters. The lowest BCUT2D eigenvalue weighted by Crippen LogP contribution is -2.38. The van der Waals surface area contributed by atoms with Crippen molar-refractivity contribution >= 4 is 15.8 Å². The zero-order valence-corrected chi connectivity index (χ0v) is 12.1. The van der Waals surface area contributed by atoms with Gasteiger partial charge in [-0.25, -0.2) is 13.2 Å². The molecular weight excluding hydrogens is 299 g/mol. The highest BCUT2D eigenvalue weighted by Crippen LogP contribution is 2.32. The van der Waals surface area contributed by atoms with E-state index in [0.29, 0.717) is 0 Å². The van der Waals surface area contributed by atoms with Crippen LogP contribution in [0.5, 0.6) is 0 Å². The SMILES string of the molecule is CC(C)(C)C(=O)ON1CC=C(S(=O)(=O)C(F)(F)F)CC1. The normalized spacial score (nSPS) is 18.6. The number of rotatable bonds is 2. The average molecular weight is 315 g/mol. The van der Waals surface area contributed by atoms with Crippen LogP contribution < -0.4 is 0 Å². The lowest BCUT2D eigenvalue weighted by Gasteiger charge is -2.27. The Kier molecular flexibility index (Phi) is 4.55. The van der Waals surface area contributed by atoms with Gasteiger partial charge in [0.1, 0.15) is 0 Å². The third-order valence-corrected chi connectivity index (χ3v) is 4.28. The fourth-order valence-corrected chi connectivity index (χ4v) is 2.31. The predicted octanol–water partition coefficient (Wildman–Crippen LogP) is 2.01. The van der Waals surface area contributed by atoms with Crippen molar-refractivity contribution in [2.75, 3.05) is 13.1 Å². The molecule has 9 heteroatoms. The van der Waals surface area contributed by atoms with E-state index < -0.39 is 31.6 Å². The Hall–Kier alpha value is -1.09. The number of sulfone groups is 1. The molecule has 0 saturated heterocycles. The van der Waals surface area contributed by atoms with E-state index in [9.17, 15) is 26.4 Å². The second-order valence-corrected chi connectivity index (χ2v) is 7.38. The van der Waals surface area contributed by atoms with E-state index in [2.05, 4.69) is 0 Å². The fraction of sp³-hybridized carbons (Fsp3) is 0.727. The highest BCUT2D eigenvalue weighted by atomic mass is 32.2. The maximum absolute atomic E-state index is 12.4. The Morgan fingerprint density at radius 2 is 1.85 bits per heavy atom. The standard InChI is InChI=1S/C11H16F3NO4S/c1-10(2,3)9(16)19-15-6-4-8(5-7-15)20(17,18)11(12,13)14/h4H,5-7H2,1-3H3. The van der Waals surface area contributed by atoms with Gasteiger partial charge in [-0.15, -0.1) is 5.06 Å². The number of carbonyl (C=O) groups excluding carboxylic acids is 1. The summed E-state index contributed by atoms with van der Waals surface area (Å²) in [5, 5.41) is 1.14. The third-order valence-electron chi connectivity index (χ3n) is 2.60. The lowest BCUT2D eigenvalue weighted by atomic mass is 9.98.